The molecule has 0 unspecified atom stereocenters. The Labute approximate surface area is 200 Å². The summed E-state index contributed by atoms with van der Waals surface area (Å²) in [6.07, 6.45) is 0. The van der Waals surface area contributed by atoms with E-state index in [9.17, 15) is 22.8 Å². The van der Waals surface area contributed by atoms with E-state index < -0.39 is 35.1 Å². The average Bonchev–Trinajstić information content (AvgIpc) is 2.76. The molecule has 0 bridgehead atoms. The number of carbonyl (C=O) groups excluding carboxylic acids is 3. The summed E-state index contributed by atoms with van der Waals surface area (Å²) in [5.41, 5.74) is 3.10. The first kappa shape index (κ1) is 27.0. The van der Waals surface area contributed by atoms with Crippen LogP contribution in [-0.2, 0) is 29.1 Å². The van der Waals surface area contributed by atoms with Crippen LogP contribution >= 0.6 is 0 Å². The summed E-state index contributed by atoms with van der Waals surface area (Å²) in [5.74, 6) is -1.33. The van der Waals surface area contributed by atoms with Crippen molar-refractivity contribution in [2.24, 2.45) is 0 Å². The Morgan fingerprint density at radius 3 is 1.94 bits per heavy atom. The van der Waals surface area contributed by atoms with Crippen molar-refractivity contribution >= 4 is 39.2 Å². The molecule has 0 saturated carbocycles. The Morgan fingerprint density at radius 1 is 0.882 bits per heavy atom. The quantitative estimate of drug-likeness (QED) is 0.439. The van der Waals surface area contributed by atoms with E-state index in [1.54, 1.807) is 0 Å². The summed E-state index contributed by atoms with van der Waals surface area (Å²) in [6, 6.07) is 11.3. The molecule has 0 aromatic heterocycles. The van der Waals surface area contributed by atoms with Gasteiger partial charge in [-0.3, -0.25) is 14.4 Å². The SMILES string of the molecule is CC(=O)Nc1ccc(S(=O)(=O)NCC(=O)OCC(=O)Nc2c(C(C)C)cccc2C(C)C)cc1. The van der Waals surface area contributed by atoms with Gasteiger partial charge < -0.3 is 15.4 Å². The van der Waals surface area contributed by atoms with Crippen molar-refractivity contribution in [1.29, 1.82) is 0 Å². The molecule has 0 saturated heterocycles. The number of para-hydroxylation sites is 1. The highest BCUT2D eigenvalue weighted by atomic mass is 32.2. The molecule has 0 aliphatic carbocycles. The number of ether oxygens (including phenoxy) is 1. The van der Waals surface area contributed by atoms with E-state index in [0.717, 1.165) is 11.1 Å². The first-order valence-electron chi connectivity index (χ1n) is 10.9. The van der Waals surface area contributed by atoms with Gasteiger partial charge >= 0.3 is 5.97 Å². The molecule has 9 nitrogen and oxygen atoms in total. The number of carbonyl (C=O) groups is 3. The Balaban J connectivity index is 1.93. The molecule has 2 rings (SSSR count). The lowest BCUT2D eigenvalue weighted by atomic mass is 9.92. The number of hydrogen-bond donors (Lipinski definition) is 3. The predicted molar refractivity (Wildman–Crippen MR) is 130 cm³/mol. The minimum absolute atomic E-state index is 0.0846. The standard InChI is InChI=1S/C24H31N3O6S/c1-15(2)20-7-6-8-21(16(3)4)24(20)27-22(29)14-33-23(30)13-25-34(31,32)19-11-9-18(10-12-19)26-17(5)28/h6-12,15-16,25H,13-14H2,1-5H3,(H,26,28)(H,27,29). The molecule has 2 amide bonds. The Hall–Kier alpha value is -3.24. The summed E-state index contributed by atoms with van der Waals surface area (Å²) in [4.78, 5) is 35.4. The molecule has 0 heterocycles. The minimum Gasteiger partial charge on any atom is -0.455 e. The third kappa shape index (κ3) is 7.67. The van der Waals surface area contributed by atoms with Crippen molar-refractivity contribution in [2.45, 2.75) is 51.3 Å². The highest BCUT2D eigenvalue weighted by molar-refractivity contribution is 7.89. The molecule has 3 N–H and O–H groups in total. The van der Waals surface area contributed by atoms with E-state index in [1.807, 2.05) is 45.9 Å². The molecular weight excluding hydrogens is 458 g/mol. The number of rotatable bonds is 10. The van der Waals surface area contributed by atoms with Gasteiger partial charge in [-0.2, -0.15) is 4.72 Å². The smallest absolute Gasteiger partial charge is 0.321 e. The molecule has 34 heavy (non-hydrogen) atoms. The first-order valence-corrected chi connectivity index (χ1v) is 12.3. The number of sulfonamides is 1. The molecule has 2 aromatic rings. The summed E-state index contributed by atoms with van der Waals surface area (Å²) >= 11 is 0. The molecule has 0 aliphatic rings. The lowest BCUT2D eigenvalue weighted by Gasteiger charge is -2.20. The van der Waals surface area contributed by atoms with Crippen molar-refractivity contribution in [2.75, 3.05) is 23.8 Å². The fourth-order valence-electron chi connectivity index (χ4n) is 3.23. The third-order valence-electron chi connectivity index (χ3n) is 4.89. The fraction of sp³-hybridized carbons (Fsp3) is 0.375. The third-order valence-corrected chi connectivity index (χ3v) is 6.31. The molecule has 184 valence electrons. The number of nitrogens with one attached hydrogen (secondary N) is 3. The van der Waals surface area contributed by atoms with E-state index in [2.05, 4.69) is 15.4 Å². The Kier molecular flexibility index (Phi) is 9.34. The maximum atomic E-state index is 12.4. The van der Waals surface area contributed by atoms with Gasteiger partial charge in [-0.15, -0.1) is 0 Å². The second kappa shape index (κ2) is 11.8. The monoisotopic (exact) mass is 489 g/mol. The van der Waals surface area contributed by atoms with Crippen LogP contribution in [0.15, 0.2) is 47.4 Å². The minimum atomic E-state index is -3.98. The van der Waals surface area contributed by atoms with Crippen LogP contribution in [0.4, 0.5) is 11.4 Å². The zero-order valence-corrected chi connectivity index (χ0v) is 20.8. The number of hydrogen-bond acceptors (Lipinski definition) is 6. The molecule has 0 aliphatic heterocycles. The zero-order chi connectivity index (χ0) is 25.5. The second-order valence-corrected chi connectivity index (χ2v) is 10.1. The highest BCUT2D eigenvalue weighted by Crippen LogP contribution is 2.32. The van der Waals surface area contributed by atoms with Crippen LogP contribution in [0.25, 0.3) is 0 Å². The van der Waals surface area contributed by atoms with Gasteiger partial charge in [0, 0.05) is 18.3 Å². The van der Waals surface area contributed by atoms with Gasteiger partial charge in [-0.25, -0.2) is 8.42 Å². The van der Waals surface area contributed by atoms with Gasteiger partial charge in [-0.1, -0.05) is 45.9 Å². The molecule has 0 fully saturated rings. The lowest BCUT2D eigenvalue weighted by molar-refractivity contribution is -0.146. The van der Waals surface area contributed by atoms with Gasteiger partial charge in [0.2, 0.25) is 15.9 Å². The number of benzene rings is 2. The highest BCUT2D eigenvalue weighted by Gasteiger charge is 2.19. The Bertz CT molecular complexity index is 1120. The van der Waals surface area contributed by atoms with Crippen molar-refractivity contribution in [3.63, 3.8) is 0 Å². The summed E-state index contributed by atoms with van der Waals surface area (Å²) < 4.78 is 31.8. The average molecular weight is 490 g/mol. The van der Waals surface area contributed by atoms with Gasteiger partial charge in [-0.05, 0) is 47.2 Å². The van der Waals surface area contributed by atoms with Crippen molar-refractivity contribution in [3.05, 3.63) is 53.6 Å². The van der Waals surface area contributed by atoms with Crippen LogP contribution in [0.3, 0.4) is 0 Å². The molecular formula is C24H31N3O6S. The summed E-state index contributed by atoms with van der Waals surface area (Å²) in [6.45, 7) is 8.25. The summed E-state index contributed by atoms with van der Waals surface area (Å²) in [7, 11) is -3.98. The number of amides is 2. The normalized spacial score (nSPS) is 11.4. The topological polar surface area (TPSA) is 131 Å². The largest absolute Gasteiger partial charge is 0.455 e. The van der Waals surface area contributed by atoms with Crippen LogP contribution in [0.5, 0.6) is 0 Å². The van der Waals surface area contributed by atoms with E-state index in [-0.39, 0.29) is 22.6 Å². The maximum Gasteiger partial charge on any atom is 0.321 e. The van der Waals surface area contributed by atoms with E-state index in [0.29, 0.717) is 11.4 Å². The molecule has 10 heteroatoms. The van der Waals surface area contributed by atoms with Crippen molar-refractivity contribution in [3.8, 4) is 0 Å². The number of anilines is 2. The molecule has 0 radical (unpaired) electrons. The second-order valence-electron chi connectivity index (χ2n) is 8.36. The van der Waals surface area contributed by atoms with Crippen molar-refractivity contribution < 1.29 is 27.5 Å². The van der Waals surface area contributed by atoms with Crippen LogP contribution in [0.2, 0.25) is 0 Å². The molecule has 0 spiro atoms. The first-order chi connectivity index (χ1) is 15.9. The van der Waals surface area contributed by atoms with Gasteiger partial charge in [0.05, 0.1) is 4.90 Å². The fourth-order valence-corrected chi connectivity index (χ4v) is 4.19. The zero-order valence-electron chi connectivity index (χ0n) is 20.0. The van der Waals surface area contributed by atoms with Gasteiger partial charge in [0.15, 0.2) is 6.61 Å². The van der Waals surface area contributed by atoms with E-state index >= 15 is 0 Å². The Morgan fingerprint density at radius 2 is 1.44 bits per heavy atom. The molecule has 0 atom stereocenters. The van der Waals surface area contributed by atoms with Crippen LogP contribution in [0, 0.1) is 0 Å². The van der Waals surface area contributed by atoms with E-state index in [4.69, 9.17) is 4.74 Å². The van der Waals surface area contributed by atoms with Gasteiger partial charge in [0.1, 0.15) is 6.54 Å². The van der Waals surface area contributed by atoms with Crippen molar-refractivity contribution in [1.82, 2.24) is 4.72 Å². The lowest BCUT2D eigenvalue weighted by Crippen LogP contribution is -2.32. The summed E-state index contributed by atoms with van der Waals surface area (Å²) in [5, 5.41) is 5.36. The van der Waals surface area contributed by atoms with Gasteiger partial charge in [0.25, 0.3) is 5.91 Å². The van der Waals surface area contributed by atoms with Crippen LogP contribution < -0.4 is 15.4 Å². The van der Waals surface area contributed by atoms with Crippen LogP contribution in [-0.4, -0.2) is 39.4 Å². The number of esters is 1. The predicted octanol–water partition coefficient (Wildman–Crippen LogP) is 3.35. The van der Waals surface area contributed by atoms with Crippen LogP contribution in [0.1, 0.15) is 57.6 Å². The molecule has 2 aromatic carbocycles. The maximum absolute atomic E-state index is 12.4. The van der Waals surface area contributed by atoms with E-state index in [1.165, 1.54) is 31.2 Å².